The molecule has 2 aliphatic rings. The Balaban J connectivity index is 1.79. The van der Waals surface area contributed by atoms with E-state index in [2.05, 4.69) is 33.0 Å². The molecule has 0 amide bonds. The second kappa shape index (κ2) is 5.50. The first kappa shape index (κ1) is 14.3. The third-order valence-electron chi connectivity index (χ3n) is 5.33. The van der Waals surface area contributed by atoms with Gasteiger partial charge in [-0.3, -0.25) is 0 Å². The zero-order valence-electron chi connectivity index (χ0n) is 12.8. The fourth-order valence-corrected chi connectivity index (χ4v) is 4.36. The van der Waals surface area contributed by atoms with E-state index >= 15 is 0 Å². The Morgan fingerprint density at radius 2 is 1.94 bits per heavy atom. The Bertz CT molecular complexity index is 276. The molecule has 0 heterocycles. The summed E-state index contributed by atoms with van der Waals surface area (Å²) in [5.41, 5.74) is -0.0131. The van der Waals surface area contributed by atoms with Crippen LogP contribution in [0.15, 0.2) is 0 Å². The zero-order chi connectivity index (χ0) is 13.3. The molecular formula is C16H31NO. The summed E-state index contributed by atoms with van der Waals surface area (Å²) < 4.78 is 5.52. The van der Waals surface area contributed by atoms with Crippen LogP contribution in [0, 0.1) is 17.8 Å². The van der Waals surface area contributed by atoms with Gasteiger partial charge < -0.3 is 10.1 Å². The molecule has 2 bridgehead atoms. The van der Waals surface area contributed by atoms with Gasteiger partial charge in [-0.25, -0.2) is 0 Å². The Morgan fingerprint density at radius 1 is 1.22 bits per heavy atom. The molecule has 106 valence electrons. The van der Waals surface area contributed by atoms with Gasteiger partial charge in [0.25, 0.3) is 0 Å². The van der Waals surface area contributed by atoms with Crippen LogP contribution in [0.5, 0.6) is 0 Å². The molecule has 1 N–H and O–H groups in total. The normalized spacial score (nSPS) is 34.8. The summed E-state index contributed by atoms with van der Waals surface area (Å²) in [5, 5.41) is 3.82. The lowest BCUT2D eigenvalue weighted by atomic mass is 9.83. The minimum atomic E-state index is -0.0131. The lowest BCUT2D eigenvalue weighted by molar-refractivity contribution is 0.00688. The number of ether oxygens (including phenoxy) is 1. The maximum Gasteiger partial charge on any atom is 0.0637 e. The number of rotatable bonds is 6. The highest BCUT2D eigenvalue weighted by Crippen LogP contribution is 2.49. The third kappa shape index (κ3) is 3.27. The quantitative estimate of drug-likeness (QED) is 0.781. The number of fused-ring (bicyclic) bond motifs is 2. The average Bonchev–Trinajstić information content (AvgIpc) is 2.89. The van der Waals surface area contributed by atoms with Crippen molar-refractivity contribution >= 4 is 0 Å². The molecule has 0 radical (unpaired) electrons. The number of hydrogen-bond acceptors (Lipinski definition) is 2. The first-order valence-corrected chi connectivity index (χ1v) is 7.72. The number of nitrogens with one attached hydrogen (secondary N) is 1. The monoisotopic (exact) mass is 253 g/mol. The molecule has 0 spiro atoms. The molecule has 0 aromatic carbocycles. The van der Waals surface area contributed by atoms with E-state index in [0.717, 1.165) is 24.2 Å². The molecular weight excluding hydrogens is 222 g/mol. The molecule has 5 atom stereocenters. The van der Waals surface area contributed by atoms with Crippen molar-refractivity contribution in [3.8, 4) is 0 Å². The minimum absolute atomic E-state index is 0.0131. The van der Waals surface area contributed by atoms with Gasteiger partial charge in [0.2, 0.25) is 0 Å². The fourth-order valence-electron chi connectivity index (χ4n) is 4.36. The van der Waals surface area contributed by atoms with Crippen LogP contribution >= 0.6 is 0 Å². The molecule has 2 rings (SSSR count). The topological polar surface area (TPSA) is 21.3 Å². The molecule has 2 saturated carbocycles. The van der Waals surface area contributed by atoms with Crippen LogP contribution in [0.1, 0.15) is 59.8 Å². The summed E-state index contributed by atoms with van der Waals surface area (Å²) in [7, 11) is 1.81. The third-order valence-corrected chi connectivity index (χ3v) is 5.33. The number of hydrogen-bond donors (Lipinski definition) is 1. The standard InChI is InChI=1S/C16H31NO/c1-11(10-16(3,4)18-5)17-12(2)15-9-13-6-7-14(15)8-13/h11-15,17H,6-10H2,1-5H3. The van der Waals surface area contributed by atoms with Crippen LogP contribution < -0.4 is 5.32 Å². The molecule has 0 aliphatic heterocycles. The molecule has 2 fully saturated rings. The summed E-state index contributed by atoms with van der Waals surface area (Å²) in [4.78, 5) is 0. The van der Waals surface area contributed by atoms with Crippen molar-refractivity contribution < 1.29 is 4.74 Å². The van der Waals surface area contributed by atoms with E-state index in [-0.39, 0.29) is 5.60 Å². The predicted molar refractivity (Wildman–Crippen MR) is 76.7 cm³/mol. The van der Waals surface area contributed by atoms with Crippen LogP contribution in [-0.2, 0) is 4.74 Å². The second-order valence-corrected chi connectivity index (χ2v) is 7.36. The molecule has 0 aromatic rings. The summed E-state index contributed by atoms with van der Waals surface area (Å²) in [6, 6.07) is 1.21. The maximum absolute atomic E-state index is 5.52. The van der Waals surface area contributed by atoms with E-state index in [4.69, 9.17) is 4.74 Å². The molecule has 5 unspecified atom stereocenters. The highest BCUT2D eigenvalue weighted by atomic mass is 16.5. The van der Waals surface area contributed by atoms with Gasteiger partial charge >= 0.3 is 0 Å². The molecule has 18 heavy (non-hydrogen) atoms. The summed E-state index contributed by atoms with van der Waals surface area (Å²) in [6.45, 7) is 9.03. The van der Waals surface area contributed by atoms with Gasteiger partial charge in [-0.15, -0.1) is 0 Å². The van der Waals surface area contributed by atoms with Gasteiger partial charge in [-0.1, -0.05) is 6.42 Å². The Morgan fingerprint density at radius 3 is 2.44 bits per heavy atom. The lowest BCUT2D eigenvalue weighted by Gasteiger charge is -2.33. The maximum atomic E-state index is 5.52. The van der Waals surface area contributed by atoms with Crippen LogP contribution in [0.3, 0.4) is 0 Å². The highest BCUT2D eigenvalue weighted by Gasteiger charge is 2.42. The Labute approximate surface area is 113 Å². The van der Waals surface area contributed by atoms with Gasteiger partial charge in [-0.2, -0.15) is 0 Å². The lowest BCUT2D eigenvalue weighted by Crippen LogP contribution is -2.44. The smallest absolute Gasteiger partial charge is 0.0637 e. The van der Waals surface area contributed by atoms with E-state index in [1.165, 1.54) is 25.7 Å². The van der Waals surface area contributed by atoms with E-state index in [1.807, 2.05) is 7.11 Å². The van der Waals surface area contributed by atoms with E-state index in [9.17, 15) is 0 Å². The molecule has 0 saturated heterocycles. The summed E-state index contributed by atoms with van der Waals surface area (Å²) in [5.74, 6) is 2.99. The van der Waals surface area contributed by atoms with Gasteiger partial charge in [0.1, 0.15) is 0 Å². The molecule has 2 heteroatoms. The van der Waals surface area contributed by atoms with Crippen LogP contribution in [0.2, 0.25) is 0 Å². The van der Waals surface area contributed by atoms with Crippen molar-refractivity contribution in [1.29, 1.82) is 0 Å². The van der Waals surface area contributed by atoms with Crippen molar-refractivity contribution in [2.24, 2.45) is 17.8 Å². The highest BCUT2D eigenvalue weighted by molar-refractivity contribution is 4.94. The van der Waals surface area contributed by atoms with E-state index in [1.54, 1.807) is 0 Å². The van der Waals surface area contributed by atoms with Crippen molar-refractivity contribution in [3.63, 3.8) is 0 Å². The summed E-state index contributed by atoms with van der Waals surface area (Å²) >= 11 is 0. The number of methoxy groups -OCH3 is 1. The molecule has 2 aliphatic carbocycles. The Kier molecular flexibility index (Phi) is 4.38. The van der Waals surface area contributed by atoms with Gasteiger partial charge in [-0.05, 0) is 71.1 Å². The van der Waals surface area contributed by atoms with Crippen LogP contribution in [0.4, 0.5) is 0 Å². The van der Waals surface area contributed by atoms with Crippen LogP contribution in [-0.4, -0.2) is 24.8 Å². The average molecular weight is 253 g/mol. The largest absolute Gasteiger partial charge is 0.379 e. The zero-order valence-corrected chi connectivity index (χ0v) is 12.8. The van der Waals surface area contributed by atoms with Crippen molar-refractivity contribution in [2.75, 3.05) is 7.11 Å². The molecule has 2 nitrogen and oxygen atoms in total. The van der Waals surface area contributed by atoms with Crippen molar-refractivity contribution in [2.45, 2.75) is 77.5 Å². The van der Waals surface area contributed by atoms with Crippen molar-refractivity contribution in [3.05, 3.63) is 0 Å². The minimum Gasteiger partial charge on any atom is -0.379 e. The Hall–Kier alpha value is -0.0800. The van der Waals surface area contributed by atoms with Crippen LogP contribution in [0.25, 0.3) is 0 Å². The van der Waals surface area contributed by atoms with Crippen molar-refractivity contribution in [1.82, 2.24) is 5.32 Å². The second-order valence-electron chi connectivity index (χ2n) is 7.36. The van der Waals surface area contributed by atoms with E-state index in [0.29, 0.717) is 12.1 Å². The fraction of sp³-hybridized carbons (Fsp3) is 1.00. The van der Waals surface area contributed by atoms with Gasteiger partial charge in [0.05, 0.1) is 5.60 Å². The first-order valence-electron chi connectivity index (χ1n) is 7.72. The predicted octanol–water partition coefficient (Wildman–Crippen LogP) is 3.60. The van der Waals surface area contributed by atoms with E-state index < -0.39 is 0 Å². The summed E-state index contributed by atoms with van der Waals surface area (Å²) in [6.07, 6.45) is 7.04. The molecule has 0 aromatic heterocycles. The van der Waals surface area contributed by atoms with Gasteiger partial charge in [0.15, 0.2) is 0 Å². The SMILES string of the molecule is COC(C)(C)CC(C)NC(C)C1CC2CCC1C2. The van der Waals surface area contributed by atoms with Gasteiger partial charge in [0, 0.05) is 19.2 Å². The first-order chi connectivity index (χ1) is 8.41.